The second-order valence-corrected chi connectivity index (χ2v) is 8.01. The number of thioether (sulfide) groups is 1. The van der Waals surface area contributed by atoms with Crippen molar-refractivity contribution in [1.82, 2.24) is 15.2 Å². The second kappa shape index (κ2) is 8.62. The largest absolute Gasteiger partial charge is 0.447 e. The molecule has 0 radical (unpaired) electrons. The van der Waals surface area contributed by atoms with Crippen LogP contribution < -0.4 is 9.64 Å². The number of carbonyl (C=O) groups excluding carboxylic acids is 1. The molecule has 1 amide bonds. The van der Waals surface area contributed by atoms with Gasteiger partial charge in [-0.25, -0.2) is 0 Å². The number of rotatable bonds is 4. The number of benzene rings is 2. The van der Waals surface area contributed by atoms with Gasteiger partial charge in [-0.1, -0.05) is 61.5 Å². The van der Waals surface area contributed by atoms with Crippen molar-refractivity contribution in [2.75, 3.05) is 11.2 Å². The highest BCUT2D eigenvalue weighted by molar-refractivity contribution is 7.98. The van der Waals surface area contributed by atoms with Gasteiger partial charge in [-0.3, -0.25) is 9.69 Å². The van der Waals surface area contributed by atoms with Gasteiger partial charge in [0.05, 0.1) is 5.69 Å². The number of fused-ring (bicyclic) bond motifs is 3. The Balaban J connectivity index is 1.96. The standard InChI is InChI=1S/C22H21ClN4O2S/c1-4-13-6-8-14(9-7-13)21-27(18(28)5-2)17-11-10-15(23)12-16(17)19-20(29-21)24-22(30-3)26-25-19/h6-12,21H,4-5H2,1-3H3/t21-/m0/s1. The molecule has 0 aliphatic carbocycles. The number of amides is 1. The SMILES string of the molecule is CCC(=O)N1c2ccc(Cl)cc2-c2nnc(SC)nc2O[C@H]1c1ccc(CC)cc1. The number of ether oxygens (including phenoxy) is 1. The highest BCUT2D eigenvalue weighted by Gasteiger charge is 2.35. The molecule has 1 aromatic heterocycles. The van der Waals surface area contributed by atoms with E-state index in [-0.39, 0.29) is 5.91 Å². The van der Waals surface area contributed by atoms with Crippen molar-refractivity contribution in [3.05, 3.63) is 58.6 Å². The summed E-state index contributed by atoms with van der Waals surface area (Å²) in [6.07, 6.45) is 2.44. The molecule has 1 atom stereocenters. The van der Waals surface area contributed by atoms with Gasteiger partial charge in [0.15, 0.2) is 5.69 Å². The van der Waals surface area contributed by atoms with Crippen LogP contribution in [0.2, 0.25) is 5.02 Å². The van der Waals surface area contributed by atoms with Gasteiger partial charge in [0.2, 0.25) is 23.2 Å². The van der Waals surface area contributed by atoms with E-state index in [0.717, 1.165) is 12.0 Å². The van der Waals surface area contributed by atoms with Gasteiger partial charge in [0.1, 0.15) is 0 Å². The third-order valence-electron chi connectivity index (χ3n) is 4.99. The quantitative estimate of drug-likeness (QED) is 0.512. The van der Waals surface area contributed by atoms with Gasteiger partial charge >= 0.3 is 0 Å². The van der Waals surface area contributed by atoms with Gasteiger partial charge in [-0.15, -0.1) is 10.2 Å². The van der Waals surface area contributed by atoms with E-state index >= 15 is 0 Å². The van der Waals surface area contributed by atoms with Crippen molar-refractivity contribution >= 4 is 35.0 Å². The summed E-state index contributed by atoms with van der Waals surface area (Å²) in [5, 5.41) is 9.54. The maximum atomic E-state index is 13.1. The fourth-order valence-corrected chi connectivity index (χ4v) is 3.87. The molecule has 6 nitrogen and oxygen atoms in total. The molecule has 1 aliphatic heterocycles. The molecule has 2 heterocycles. The van der Waals surface area contributed by atoms with Crippen LogP contribution in [0.5, 0.6) is 5.88 Å². The molecule has 0 saturated heterocycles. The van der Waals surface area contributed by atoms with Crippen LogP contribution in [0.1, 0.15) is 37.6 Å². The molecule has 0 N–H and O–H groups in total. The molecular weight excluding hydrogens is 420 g/mol. The fraction of sp³-hybridized carbons (Fsp3) is 0.273. The summed E-state index contributed by atoms with van der Waals surface area (Å²) >= 11 is 7.66. The van der Waals surface area contributed by atoms with Crippen molar-refractivity contribution in [3.8, 4) is 17.1 Å². The maximum absolute atomic E-state index is 13.1. The molecule has 0 fully saturated rings. The van der Waals surface area contributed by atoms with Crippen LogP contribution in [0.3, 0.4) is 0 Å². The summed E-state index contributed by atoms with van der Waals surface area (Å²) in [7, 11) is 0. The molecule has 4 rings (SSSR count). The van der Waals surface area contributed by atoms with Crippen LogP contribution in [0.15, 0.2) is 47.6 Å². The van der Waals surface area contributed by atoms with Gasteiger partial charge in [-0.05, 0) is 36.4 Å². The number of hydrogen-bond donors (Lipinski definition) is 0. The van der Waals surface area contributed by atoms with Crippen LogP contribution in [0.25, 0.3) is 11.3 Å². The van der Waals surface area contributed by atoms with Crippen LogP contribution >= 0.6 is 23.4 Å². The van der Waals surface area contributed by atoms with Crippen LogP contribution in [0.4, 0.5) is 5.69 Å². The zero-order valence-electron chi connectivity index (χ0n) is 16.9. The lowest BCUT2D eigenvalue weighted by atomic mass is 10.1. The summed E-state index contributed by atoms with van der Waals surface area (Å²) in [5.41, 5.74) is 3.86. The second-order valence-electron chi connectivity index (χ2n) is 6.80. The van der Waals surface area contributed by atoms with E-state index in [1.165, 1.54) is 17.3 Å². The first-order valence-electron chi connectivity index (χ1n) is 9.71. The summed E-state index contributed by atoms with van der Waals surface area (Å²) in [5.74, 6) is 0.253. The minimum absolute atomic E-state index is 0.0750. The Morgan fingerprint density at radius 1 is 1.17 bits per heavy atom. The molecule has 0 spiro atoms. The Morgan fingerprint density at radius 2 is 1.93 bits per heavy atom. The lowest BCUT2D eigenvalue weighted by molar-refractivity contribution is -0.120. The molecule has 0 bridgehead atoms. The van der Waals surface area contributed by atoms with Gasteiger partial charge in [-0.2, -0.15) is 4.98 Å². The zero-order chi connectivity index (χ0) is 21.3. The molecule has 30 heavy (non-hydrogen) atoms. The number of halogens is 1. The molecule has 154 valence electrons. The number of anilines is 1. The molecule has 3 aromatic rings. The van der Waals surface area contributed by atoms with E-state index in [1.54, 1.807) is 17.0 Å². The molecular formula is C22H21ClN4O2S. The first-order chi connectivity index (χ1) is 14.5. The fourth-order valence-electron chi connectivity index (χ4n) is 3.40. The van der Waals surface area contributed by atoms with E-state index in [4.69, 9.17) is 16.3 Å². The molecule has 0 saturated carbocycles. The number of hydrogen-bond acceptors (Lipinski definition) is 6. The third-order valence-corrected chi connectivity index (χ3v) is 5.77. The Kier molecular flexibility index (Phi) is 5.92. The van der Waals surface area contributed by atoms with Gasteiger partial charge < -0.3 is 4.74 Å². The monoisotopic (exact) mass is 440 g/mol. The average molecular weight is 441 g/mol. The first-order valence-corrected chi connectivity index (χ1v) is 11.3. The van der Waals surface area contributed by atoms with E-state index in [1.807, 2.05) is 43.5 Å². The van der Waals surface area contributed by atoms with E-state index in [9.17, 15) is 4.79 Å². The maximum Gasteiger partial charge on any atom is 0.247 e. The number of carbonyl (C=O) groups is 1. The number of aromatic nitrogens is 3. The van der Waals surface area contributed by atoms with Crippen molar-refractivity contribution in [1.29, 1.82) is 0 Å². The van der Waals surface area contributed by atoms with E-state index in [0.29, 0.717) is 39.4 Å². The molecule has 8 heteroatoms. The average Bonchev–Trinajstić information content (AvgIpc) is 2.92. The van der Waals surface area contributed by atoms with E-state index < -0.39 is 6.23 Å². The first kappa shape index (κ1) is 20.6. The lowest BCUT2D eigenvalue weighted by Gasteiger charge is -2.30. The normalized spacial score (nSPS) is 15.1. The molecule has 2 aromatic carbocycles. The Hall–Kier alpha value is -2.64. The third kappa shape index (κ3) is 3.75. The summed E-state index contributed by atoms with van der Waals surface area (Å²) < 4.78 is 6.35. The van der Waals surface area contributed by atoms with Crippen LogP contribution in [0, 0.1) is 0 Å². The summed E-state index contributed by atoms with van der Waals surface area (Å²) in [6, 6.07) is 13.4. The predicted molar refractivity (Wildman–Crippen MR) is 119 cm³/mol. The molecule has 0 unspecified atom stereocenters. The molecule has 1 aliphatic rings. The summed E-state index contributed by atoms with van der Waals surface area (Å²) in [6.45, 7) is 3.93. The van der Waals surface area contributed by atoms with Crippen molar-refractivity contribution in [2.45, 2.75) is 38.1 Å². The predicted octanol–water partition coefficient (Wildman–Crippen LogP) is 5.31. The smallest absolute Gasteiger partial charge is 0.247 e. The number of nitrogens with zero attached hydrogens (tertiary/aromatic N) is 4. The Labute approximate surface area is 184 Å². The van der Waals surface area contributed by atoms with Crippen molar-refractivity contribution in [3.63, 3.8) is 0 Å². The minimum atomic E-state index is -0.684. The zero-order valence-corrected chi connectivity index (χ0v) is 18.5. The minimum Gasteiger partial charge on any atom is -0.447 e. The van der Waals surface area contributed by atoms with E-state index in [2.05, 4.69) is 22.1 Å². The lowest BCUT2D eigenvalue weighted by Crippen LogP contribution is -2.37. The van der Waals surface area contributed by atoms with Gasteiger partial charge in [0, 0.05) is 22.6 Å². The summed E-state index contributed by atoms with van der Waals surface area (Å²) in [4.78, 5) is 19.3. The number of aryl methyl sites for hydroxylation is 1. The van der Waals surface area contributed by atoms with Crippen LogP contribution in [-0.4, -0.2) is 27.3 Å². The Morgan fingerprint density at radius 3 is 2.60 bits per heavy atom. The van der Waals surface area contributed by atoms with Crippen LogP contribution in [-0.2, 0) is 11.2 Å². The van der Waals surface area contributed by atoms with Crippen molar-refractivity contribution < 1.29 is 9.53 Å². The Bertz CT molecular complexity index is 1090. The topological polar surface area (TPSA) is 68.2 Å². The highest BCUT2D eigenvalue weighted by Crippen LogP contribution is 2.44. The van der Waals surface area contributed by atoms with Crippen molar-refractivity contribution in [2.24, 2.45) is 0 Å². The van der Waals surface area contributed by atoms with Gasteiger partial charge in [0.25, 0.3) is 0 Å². The highest BCUT2D eigenvalue weighted by atomic mass is 35.5.